The van der Waals surface area contributed by atoms with Crippen LogP contribution in [0.1, 0.15) is 29.9 Å². The van der Waals surface area contributed by atoms with Crippen LogP contribution in [0.5, 0.6) is 0 Å². The SMILES string of the molecule is O=C(NC1CCN2CCCC12)c1ncn[nH]1. The zero-order valence-electron chi connectivity index (χ0n) is 9.02. The summed E-state index contributed by atoms with van der Waals surface area (Å²) in [7, 11) is 0. The van der Waals surface area contributed by atoms with Gasteiger partial charge in [0.25, 0.3) is 5.91 Å². The zero-order chi connectivity index (χ0) is 11.0. The summed E-state index contributed by atoms with van der Waals surface area (Å²) >= 11 is 0. The van der Waals surface area contributed by atoms with Crippen LogP contribution in [0.25, 0.3) is 0 Å². The van der Waals surface area contributed by atoms with Crippen molar-refractivity contribution in [2.45, 2.75) is 31.3 Å². The van der Waals surface area contributed by atoms with Gasteiger partial charge in [-0.25, -0.2) is 4.98 Å². The predicted octanol–water partition coefficient (Wildman–Crippen LogP) is -0.229. The van der Waals surface area contributed by atoms with E-state index in [2.05, 4.69) is 25.4 Å². The number of aromatic amines is 1. The minimum absolute atomic E-state index is 0.142. The van der Waals surface area contributed by atoms with Crippen molar-refractivity contribution in [3.8, 4) is 0 Å². The van der Waals surface area contributed by atoms with Gasteiger partial charge >= 0.3 is 0 Å². The van der Waals surface area contributed by atoms with Gasteiger partial charge in [-0.3, -0.25) is 14.8 Å². The Labute approximate surface area is 93.4 Å². The van der Waals surface area contributed by atoms with Crippen LogP contribution in [-0.2, 0) is 0 Å². The second-order valence-corrected chi connectivity index (χ2v) is 4.45. The summed E-state index contributed by atoms with van der Waals surface area (Å²) in [4.78, 5) is 18.1. The van der Waals surface area contributed by atoms with Gasteiger partial charge in [-0.15, -0.1) is 0 Å². The third kappa shape index (κ3) is 1.59. The molecule has 1 amide bonds. The maximum Gasteiger partial charge on any atom is 0.288 e. The number of carbonyl (C=O) groups is 1. The third-order valence-corrected chi connectivity index (χ3v) is 3.55. The molecule has 0 bridgehead atoms. The van der Waals surface area contributed by atoms with Crippen LogP contribution in [0.4, 0.5) is 0 Å². The number of amides is 1. The lowest BCUT2D eigenvalue weighted by atomic mass is 10.1. The predicted molar refractivity (Wildman–Crippen MR) is 56.8 cm³/mol. The number of fused-ring (bicyclic) bond motifs is 1. The Hall–Kier alpha value is -1.43. The highest BCUT2D eigenvalue weighted by molar-refractivity contribution is 5.90. The van der Waals surface area contributed by atoms with Crippen LogP contribution in [-0.4, -0.2) is 51.2 Å². The maximum atomic E-state index is 11.8. The van der Waals surface area contributed by atoms with Crippen molar-refractivity contribution in [3.63, 3.8) is 0 Å². The number of rotatable bonds is 2. The molecule has 0 spiro atoms. The quantitative estimate of drug-likeness (QED) is 0.723. The molecule has 2 saturated heterocycles. The fourth-order valence-corrected chi connectivity index (χ4v) is 2.80. The average Bonchev–Trinajstić information content (AvgIpc) is 2.94. The lowest BCUT2D eigenvalue weighted by Crippen LogP contribution is -2.42. The molecule has 1 aromatic heterocycles. The summed E-state index contributed by atoms with van der Waals surface area (Å²) in [6.45, 7) is 2.28. The van der Waals surface area contributed by atoms with E-state index >= 15 is 0 Å². The highest BCUT2D eigenvalue weighted by Gasteiger charge is 2.38. The van der Waals surface area contributed by atoms with Crippen LogP contribution >= 0.6 is 0 Å². The van der Waals surface area contributed by atoms with Crippen molar-refractivity contribution in [2.75, 3.05) is 13.1 Å². The monoisotopic (exact) mass is 221 g/mol. The van der Waals surface area contributed by atoms with Gasteiger partial charge in [-0.2, -0.15) is 5.10 Å². The van der Waals surface area contributed by atoms with Gasteiger partial charge in [0.2, 0.25) is 5.82 Å². The molecule has 16 heavy (non-hydrogen) atoms. The first-order chi connectivity index (χ1) is 7.84. The average molecular weight is 221 g/mol. The molecular weight excluding hydrogens is 206 g/mol. The van der Waals surface area contributed by atoms with Gasteiger partial charge in [-0.05, 0) is 25.8 Å². The van der Waals surface area contributed by atoms with Gasteiger partial charge in [-0.1, -0.05) is 0 Å². The molecule has 2 atom stereocenters. The molecule has 0 aliphatic carbocycles. The molecule has 6 nitrogen and oxygen atoms in total. The largest absolute Gasteiger partial charge is 0.345 e. The standard InChI is InChI=1S/C10H15N5O/c16-10(9-11-6-12-14-9)13-7-3-5-15-4-1-2-8(7)15/h6-8H,1-5H2,(H,13,16)(H,11,12,14). The molecule has 0 saturated carbocycles. The number of carbonyl (C=O) groups excluding carboxylic acids is 1. The van der Waals surface area contributed by atoms with Crippen molar-refractivity contribution in [1.29, 1.82) is 0 Å². The molecule has 3 heterocycles. The highest BCUT2D eigenvalue weighted by Crippen LogP contribution is 2.27. The molecule has 2 aliphatic rings. The molecule has 2 unspecified atom stereocenters. The third-order valence-electron chi connectivity index (χ3n) is 3.55. The number of hydrogen-bond donors (Lipinski definition) is 2. The van der Waals surface area contributed by atoms with Gasteiger partial charge in [0.05, 0.1) is 0 Å². The summed E-state index contributed by atoms with van der Waals surface area (Å²) in [5.41, 5.74) is 0. The van der Waals surface area contributed by atoms with E-state index < -0.39 is 0 Å². The normalized spacial score (nSPS) is 29.2. The lowest BCUT2D eigenvalue weighted by molar-refractivity contribution is 0.0919. The Kier molecular flexibility index (Phi) is 2.36. The summed E-state index contributed by atoms with van der Waals surface area (Å²) in [6, 6.07) is 0.812. The number of H-pyrrole nitrogens is 1. The van der Waals surface area contributed by atoms with Crippen LogP contribution in [0, 0.1) is 0 Å². The van der Waals surface area contributed by atoms with Crippen molar-refractivity contribution >= 4 is 5.91 Å². The molecule has 2 N–H and O–H groups in total. The molecule has 86 valence electrons. The Balaban J connectivity index is 1.65. The van der Waals surface area contributed by atoms with E-state index in [0.717, 1.165) is 13.0 Å². The summed E-state index contributed by atoms with van der Waals surface area (Å²) < 4.78 is 0. The minimum atomic E-state index is -0.142. The highest BCUT2D eigenvalue weighted by atomic mass is 16.2. The first kappa shape index (κ1) is 9.77. The van der Waals surface area contributed by atoms with Crippen molar-refractivity contribution in [2.24, 2.45) is 0 Å². The lowest BCUT2D eigenvalue weighted by Gasteiger charge is -2.20. The Morgan fingerprint density at radius 3 is 3.25 bits per heavy atom. The number of aromatic nitrogens is 3. The molecule has 6 heteroatoms. The van der Waals surface area contributed by atoms with E-state index in [1.807, 2.05) is 0 Å². The van der Waals surface area contributed by atoms with Crippen molar-refractivity contribution in [3.05, 3.63) is 12.2 Å². The second-order valence-electron chi connectivity index (χ2n) is 4.45. The molecule has 2 aliphatic heterocycles. The van der Waals surface area contributed by atoms with Gasteiger partial charge < -0.3 is 5.32 Å². The fourth-order valence-electron chi connectivity index (χ4n) is 2.80. The number of nitrogens with one attached hydrogen (secondary N) is 2. The first-order valence-electron chi connectivity index (χ1n) is 5.75. The molecule has 3 rings (SSSR count). The summed E-state index contributed by atoms with van der Waals surface area (Å²) in [5, 5.41) is 9.30. The Bertz CT molecular complexity index is 377. The number of nitrogens with zero attached hydrogens (tertiary/aromatic N) is 3. The van der Waals surface area contributed by atoms with Crippen molar-refractivity contribution < 1.29 is 4.79 Å². The molecule has 2 fully saturated rings. The molecule has 0 radical (unpaired) electrons. The smallest absolute Gasteiger partial charge is 0.288 e. The van der Waals surface area contributed by atoms with E-state index in [1.54, 1.807) is 0 Å². The summed E-state index contributed by atoms with van der Waals surface area (Å²) in [6.07, 6.45) is 4.84. The molecule has 0 aromatic carbocycles. The first-order valence-corrected chi connectivity index (χ1v) is 5.75. The van der Waals surface area contributed by atoms with E-state index in [4.69, 9.17) is 0 Å². The van der Waals surface area contributed by atoms with Crippen LogP contribution in [0.2, 0.25) is 0 Å². The van der Waals surface area contributed by atoms with Gasteiger partial charge in [0.15, 0.2) is 0 Å². The second kappa shape index (κ2) is 3.86. The number of hydrogen-bond acceptors (Lipinski definition) is 4. The van der Waals surface area contributed by atoms with Gasteiger partial charge in [0.1, 0.15) is 6.33 Å². The van der Waals surface area contributed by atoms with E-state index in [-0.39, 0.29) is 11.9 Å². The Morgan fingerprint density at radius 2 is 2.44 bits per heavy atom. The van der Waals surface area contributed by atoms with Crippen LogP contribution < -0.4 is 5.32 Å². The van der Waals surface area contributed by atoms with E-state index in [0.29, 0.717) is 11.9 Å². The fraction of sp³-hybridized carbons (Fsp3) is 0.700. The summed E-state index contributed by atoms with van der Waals surface area (Å²) in [5.74, 6) is 0.160. The van der Waals surface area contributed by atoms with E-state index in [1.165, 1.54) is 25.7 Å². The van der Waals surface area contributed by atoms with Crippen LogP contribution in [0.15, 0.2) is 6.33 Å². The van der Waals surface area contributed by atoms with E-state index in [9.17, 15) is 4.79 Å². The Morgan fingerprint density at radius 1 is 1.50 bits per heavy atom. The molecular formula is C10H15N5O. The minimum Gasteiger partial charge on any atom is -0.345 e. The van der Waals surface area contributed by atoms with Crippen molar-refractivity contribution in [1.82, 2.24) is 25.4 Å². The topological polar surface area (TPSA) is 73.9 Å². The zero-order valence-corrected chi connectivity index (χ0v) is 9.02. The molecule has 1 aromatic rings. The van der Waals surface area contributed by atoms with Gasteiger partial charge in [0, 0.05) is 18.6 Å². The maximum absolute atomic E-state index is 11.8. The van der Waals surface area contributed by atoms with Crippen LogP contribution in [0.3, 0.4) is 0 Å².